The van der Waals surface area contributed by atoms with E-state index in [-0.39, 0.29) is 0 Å². The third-order valence-electron chi connectivity index (χ3n) is 6.66. The third-order valence-corrected chi connectivity index (χ3v) is 6.66. The van der Waals surface area contributed by atoms with Crippen molar-refractivity contribution in [2.45, 2.75) is 56.8 Å². The summed E-state index contributed by atoms with van der Waals surface area (Å²) in [6.45, 7) is 2.14. The Morgan fingerprint density at radius 1 is 0.966 bits per heavy atom. The van der Waals surface area contributed by atoms with Crippen LogP contribution < -0.4 is 10.1 Å². The fourth-order valence-electron chi connectivity index (χ4n) is 5.09. The number of rotatable bonds is 4. The van der Waals surface area contributed by atoms with Gasteiger partial charge in [-0.2, -0.15) is 5.10 Å². The minimum absolute atomic E-state index is 0.497. The van der Waals surface area contributed by atoms with Gasteiger partial charge in [0.15, 0.2) is 5.65 Å². The first-order valence-corrected chi connectivity index (χ1v) is 11.1. The second-order valence-electron chi connectivity index (χ2n) is 8.47. The smallest absolute Gasteiger partial charge is 0.163 e. The zero-order valence-electron chi connectivity index (χ0n) is 17.2. The number of piperidine rings is 1. The van der Waals surface area contributed by atoms with Gasteiger partial charge in [-0.1, -0.05) is 31.4 Å². The first kappa shape index (κ1) is 18.6. The van der Waals surface area contributed by atoms with Gasteiger partial charge in [-0.05, 0) is 56.0 Å². The summed E-state index contributed by atoms with van der Waals surface area (Å²) in [5, 5.41) is 8.78. The molecule has 5 heteroatoms. The topological polar surface area (TPSA) is 51.5 Å². The zero-order valence-corrected chi connectivity index (χ0v) is 17.2. The molecule has 2 aliphatic rings. The molecule has 1 aromatic carbocycles. The van der Waals surface area contributed by atoms with E-state index in [9.17, 15) is 0 Å². The van der Waals surface area contributed by atoms with E-state index in [1.165, 1.54) is 67.5 Å². The molecule has 1 aliphatic heterocycles. The van der Waals surface area contributed by atoms with Crippen LogP contribution in [0.25, 0.3) is 16.8 Å². The lowest BCUT2D eigenvalue weighted by Gasteiger charge is -2.23. The van der Waals surface area contributed by atoms with Crippen molar-refractivity contribution in [2.24, 2.45) is 0 Å². The van der Waals surface area contributed by atoms with E-state index in [0.29, 0.717) is 11.8 Å². The van der Waals surface area contributed by atoms with E-state index in [1.54, 1.807) is 7.11 Å². The molecule has 1 atom stereocenters. The Labute approximate surface area is 172 Å². The van der Waals surface area contributed by atoms with Crippen LogP contribution in [-0.4, -0.2) is 34.8 Å². The fourth-order valence-corrected chi connectivity index (χ4v) is 5.09. The van der Waals surface area contributed by atoms with Crippen LogP contribution in [-0.2, 0) is 0 Å². The number of nitrogens with zero attached hydrogens (tertiary/aromatic N) is 3. The largest absolute Gasteiger partial charge is 0.497 e. The van der Waals surface area contributed by atoms with Crippen LogP contribution >= 0.6 is 0 Å². The lowest BCUT2D eigenvalue weighted by Crippen LogP contribution is -2.29. The van der Waals surface area contributed by atoms with Gasteiger partial charge in [0.2, 0.25) is 0 Å². The molecule has 0 spiro atoms. The number of ether oxygens (including phenoxy) is 1. The first-order valence-electron chi connectivity index (χ1n) is 11.1. The highest BCUT2D eigenvalue weighted by Gasteiger charge is 2.27. The maximum Gasteiger partial charge on any atom is 0.163 e. The van der Waals surface area contributed by atoms with Crippen molar-refractivity contribution in [3.8, 4) is 16.9 Å². The molecule has 1 N–H and O–H groups in total. The second-order valence-corrected chi connectivity index (χ2v) is 8.47. The molecule has 1 unspecified atom stereocenters. The molecular formula is C24H30N4O. The van der Waals surface area contributed by atoms with Crippen molar-refractivity contribution in [2.75, 3.05) is 20.2 Å². The van der Waals surface area contributed by atoms with Crippen molar-refractivity contribution in [3.63, 3.8) is 0 Å². The quantitative estimate of drug-likeness (QED) is 0.687. The van der Waals surface area contributed by atoms with Crippen LogP contribution in [0.5, 0.6) is 5.75 Å². The molecule has 2 aromatic heterocycles. The lowest BCUT2D eigenvalue weighted by atomic mass is 9.84. The SMILES string of the molecule is COc1ccc(-c2c(C3CCCCC3)nn3c(C4CCCNC4)ccnc23)cc1. The summed E-state index contributed by atoms with van der Waals surface area (Å²) < 4.78 is 7.53. The molecule has 2 fully saturated rings. The summed E-state index contributed by atoms with van der Waals surface area (Å²) in [7, 11) is 1.71. The molecule has 1 saturated carbocycles. The highest BCUT2D eigenvalue weighted by atomic mass is 16.5. The number of aromatic nitrogens is 3. The van der Waals surface area contributed by atoms with E-state index >= 15 is 0 Å². The second kappa shape index (κ2) is 8.15. The summed E-state index contributed by atoms with van der Waals surface area (Å²) in [6, 6.07) is 10.5. The van der Waals surface area contributed by atoms with Gasteiger partial charge in [-0.25, -0.2) is 9.50 Å². The van der Waals surface area contributed by atoms with Crippen LogP contribution in [0.3, 0.4) is 0 Å². The van der Waals surface area contributed by atoms with Crippen molar-refractivity contribution in [3.05, 3.63) is 47.9 Å². The minimum Gasteiger partial charge on any atom is -0.497 e. The molecule has 1 aliphatic carbocycles. The molecule has 0 bridgehead atoms. The first-order chi connectivity index (χ1) is 14.3. The maximum atomic E-state index is 5.38. The average molecular weight is 391 g/mol. The Morgan fingerprint density at radius 2 is 1.76 bits per heavy atom. The standard InChI is InChI=1S/C24H30N4O/c1-29-20-11-9-17(10-12-20)22-23(18-6-3-2-4-7-18)27-28-21(13-15-26-24(22)28)19-8-5-14-25-16-19/h9-13,15,18-19,25H,2-8,14,16H2,1H3. The van der Waals surface area contributed by atoms with Gasteiger partial charge in [0, 0.05) is 24.6 Å². The van der Waals surface area contributed by atoms with Crippen molar-refractivity contribution in [1.29, 1.82) is 0 Å². The van der Waals surface area contributed by atoms with E-state index in [2.05, 4.69) is 28.0 Å². The predicted molar refractivity (Wildman–Crippen MR) is 116 cm³/mol. The van der Waals surface area contributed by atoms with Gasteiger partial charge >= 0.3 is 0 Å². The molecular weight excluding hydrogens is 360 g/mol. The van der Waals surface area contributed by atoms with Crippen molar-refractivity contribution < 1.29 is 4.74 Å². The molecule has 3 heterocycles. The predicted octanol–water partition coefficient (Wildman–Crippen LogP) is 4.92. The molecule has 0 amide bonds. The Balaban J connectivity index is 1.67. The Hall–Kier alpha value is -2.40. The normalized spacial score (nSPS) is 20.8. The molecule has 0 radical (unpaired) electrons. The molecule has 29 heavy (non-hydrogen) atoms. The zero-order chi connectivity index (χ0) is 19.6. The molecule has 5 rings (SSSR count). The van der Waals surface area contributed by atoms with Crippen molar-refractivity contribution >= 4 is 5.65 Å². The molecule has 152 valence electrons. The van der Waals surface area contributed by atoms with Gasteiger partial charge < -0.3 is 10.1 Å². The summed E-state index contributed by atoms with van der Waals surface area (Å²) in [4.78, 5) is 4.82. The Bertz CT molecular complexity index is 966. The van der Waals surface area contributed by atoms with E-state index in [4.69, 9.17) is 14.8 Å². The number of hydrogen-bond donors (Lipinski definition) is 1. The number of nitrogens with one attached hydrogen (secondary N) is 1. The van der Waals surface area contributed by atoms with E-state index < -0.39 is 0 Å². The van der Waals surface area contributed by atoms with Gasteiger partial charge in [0.05, 0.1) is 24.1 Å². The number of methoxy groups -OCH3 is 1. The van der Waals surface area contributed by atoms with Crippen molar-refractivity contribution in [1.82, 2.24) is 19.9 Å². The summed E-state index contributed by atoms with van der Waals surface area (Å²) in [6.07, 6.45) is 10.8. The average Bonchev–Trinajstić information content (AvgIpc) is 3.20. The van der Waals surface area contributed by atoms with Gasteiger partial charge in [0.1, 0.15) is 5.75 Å². The highest BCUT2D eigenvalue weighted by Crippen LogP contribution is 2.40. The van der Waals surface area contributed by atoms with Crippen LogP contribution in [0.2, 0.25) is 0 Å². The number of hydrogen-bond acceptors (Lipinski definition) is 4. The lowest BCUT2D eigenvalue weighted by molar-refractivity contribution is 0.415. The highest BCUT2D eigenvalue weighted by molar-refractivity contribution is 5.81. The summed E-state index contributed by atoms with van der Waals surface area (Å²) in [5.41, 5.74) is 5.93. The van der Waals surface area contributed by atoms with Crippen LogP contribution in [0.1, 0.15) is 68.2 Å². The summed E-state index contributed by atoms with van der Waals surface area (Å²) in [5.74, 6) is 1.91. The maximum absolute atomic E-state index is 5.38. The fraction of sp³-hybridized carbons (Fsp3) is 0.500. The van der Waals surface area contributed by atoms with E-state index in [1.807, 2.05) is 18.3 Å². The van der Waals surface area contributed by atoms with Gasteiger partial charge in [-0.3, -0.25) is 0 Å². The van der Waals surface area contributed by atoms with Crippen LogP contribution in [0.4, 0.5) is 0 Å². The van der Waals surface area contributed by atoms with Crippen LogP contribution in [0.15, 0.2) is 36.5 Å². The van der Waals surface area contributed by atoms with Gasteiger partial charge in [-0.15, -0.1) is 0 Å². The number of fused-ring (bicyclic) bond motifs is 1. The third kappa shape index (κ3) is 3.52. The molecule has 5 nitrogen and oxygen atoms in total. The summed E-state index contributed by atoms with van der Waals surface area (Å²) >= 11 is 0. The van der Waals surface area contributed by atoms with E-state index in [0.717, 1.165) is 24.5 Å². The van der Waals surface area contributed by atoms with Gasteiger partial charge in [0.25, 0.3) is 0 Å². The Kier molecular flexibility index (Phi) is 5.23. The van der Waals surface area contributed by atoms with Crippen LogP contribution in [0, 0.1) is 0 Å². The number of benzene rings is 1. The Morgan fingerprint density at radius 3 is 2.48 bits per heavy atom. The molecule has 3 aromatic rings. The monoisotopic (exact) mass is 390 g/mol. The minimum atomic E-state index is 0.497. The molecule has 1 saturated heterocycles.